The predicted molar refractivity (Wildman–Crippen MR) is 91.7 cm³/mol. The maximum Gasteiger partial charge on any atom is 0.288 e. The normalized spacial score (nSPS) is 11.2. The Morgan fingerprint density at radius 1 is 1.09 bits per heavy atom. The van der Waals surface area contributed by atoms with Gasteiger partial charge in [0.2, 0.25) is 0 Å². The molecule has 0 unspecified atom stereocenters. The summed E-state index contributed by atoms with van der Waals surface area (Å²) in [5, 5.41) is 7.23. The Balaban J connectivity index is 1.83. The monoisotopic (exact) mass is 348 g/mol. The van der Waals surface area contributed by atoms with E-state index in [-0.39, 0.29) is 5.91 Å². The van der Waals surface area contributed by atoms with Crippen LogP contribution >= 0.6 is 34.5 Å². The lowest BCUT2D eigenvalue weighted by molar-refractivity contribution is 0.0949. The Morgan fingerprint density at radius 2 is 1.86 bits per heavy atom. The summed E-state index contributed by atoms with van der Waals surface area (Å²) in [5.74, 6) is -0.148. The zero-order chi connectivity index (χ0) is 15.5. The van der Waals surface area contributed by atoms with Gasteiger partial charge < -0.3 is 0 Å². The lowest BCUT2D eigenvalue weighted by Gasteiger charge is -2.00. The average Bonchev–Trinajstić information content (AvgIpc) is 3.18. The molecule has 0 N–H and O–H groups in total. The van der Waals surface area contributed by atoms with Crippen LogP contribution < -0.4 is 0 Å². The van der Waals surface area contributed by atoms with Gasteiger partial charge in [-0.1, -0.05) is 35.3 Å². The lowest BCUT2D eigenvalue weighted by atomic mass is 10.2. The molecule has 2 aromatic heterocycles. The molecule has 2 heterocycles. The van der Waals surface area contributed by atoms with E-state index in [4.69, 9.17) is 23.2 Å². The highest BCUT2D eigenvalue weighted by molar-refractivity contribution is 7.12. The number of benzene rings is 1. The van der Waals surface area contributed by atoms with E-state index >= 15 is 0 Å². The quantitative estimate of drug-likeness (QED) is 0.659. The Morgan fingerprint density at radius 3 is 2.55 bits per heavy atom. The van der Waals surface area contributed by atoms with Crippen LogP contribution in [0.3, 0.4) is 0 Å². The maximum atomic E-state index is 12.1. The summed E-state index contributed by atoms with van der Waals surface area (Å²) >= 11 is 13.6. The molecule has 3 aromatic rings. The molecular weight excluding hydrogens is 339 g/mol. The topological polar surface area (TPSA) is 34.9 Å². The van der Waals surface area contributed by atoms with Gasteiger partial charge in [0.15, 0.2) is 0 Å². The molecule has 6 heteroatoms. The minimum atomic E-state index is -0.148. The van der Waals surface area contributed by atoms with Crippen LogP contribution in [0.15, 0.2) is 48.0 Å². The molecule has 0 radical (unpaired) electrons. The summed E-state index contributed by atoms with van der Waals surface area (Å²) in [6.07, 6.45) is 5.19. The third-order valence-electron chi connectivity index (χ3n) is 2.97. The van der Waals surface area contributed by atoms with Crippen LogP contribution in [0.2, 0.25) is 10.0 Å². The Bertz CT molecular complexity index is 817. The molecule has 0 saturated carbocycles. The number of carbonyl (C=O) groups is 1. The molecule has 0 aliphatic carbocycles. The van der Waals surface area contributed by atoms with Crippen LogP contribution in [0, 0.1) is 0 Å². The van der Waals surface area contributed by atoms with Crippen molar-refractivity contribution in [2.24, 2.45) is 0 Å². The molecule has 0 saturated heterocycles. The zero-order valence-corrected chi connectivity index (χ0v) is 13.6. The number of thiophene rings is 1. The molecule has 1 aromatic carbocycles. The van der Waals surface area contributed by atoms with E-state index in [0.29, 0.717) is 20.6 Å². The molecule has 0 fully saturated rings. The van der Waals surface area contributed by atoms with Crippen molar-refractivity contribution < 1.29 is 4.79 Å². The van der Waals surface area contributed by atoms with Crippen molar-refractivity contribution in [3.8, 4) is 0 Å². The predicted octanol–water partition coefficient (Wildman–Crippen LogP) is 5.11. The van der Waals surface area contributed by atoms with Crippen molar-refractivity contribution in [3.63, 3.8) is 0 Å². The van der Waals surface area contributed by atoms with Crippen molar-refractivity contribution >= 4 is 52.6 Å². The first-order valence-corrected chi connectivity index (χ1v) is 8.04. The SMILES string of the molecule is O=C(c1cccs1)n1ccc(/C=C/c2c(Cl)cccc2Cl)n1. The van der Waals surface area contributed by atoms with Crippen LogP contribution in [0.4, 0.5) is 0 Å². The van der Waals surface area contributed by atoms with Crippen LogP contribution in [0.25, 0.3) is 12.2 Å². The Kier molecular flexibility index (Phi) is 4.43. The second kappa shape index (κ2) is 6.48. The molecule has 0 aliphatic rings. The molecule has 0 aliphatic heterocycles. The summed E-state index contributed by atoms with van der Waals surface area (Å²) in [6.45, 7) is 0. The average molecular weight is 349 g/mol. The Labute approximate surface area is 141 Å². The molecule has 3 rings (SSSR count). The van der Waals surface area contributed by atoms with Crippen LogP contribution in [0.1, 0.15) is 20.9 Å². The van der Waals surface area contributed by atoms with Crippen molar-refractivity contribution in [2.75, 3.05) is 0 Å². The van der Waals surface area contributed by atoms with Crippen molar-refractivity contribution in [1.82, 2.24) is 9.78 Å². The highest BCUT2D eigenvalue weighted by Crippen LogP contribution is 2.26. The minimum Gasteiger partial charge on any atom is -0.266 e. The molecule has 110 valence electrons. The van der Waals surface area contributed by atoms with Gasteiger partial charge in [-0.05, 0) is 41.8 Å². The fourth-order valence-electron chi connectivity index (χ4n) is 1.89. The first kappa shape index (κ1) is 15.0. The number of hydrogen-bond acceptors (Lipinski definition) is 3. The van der Waals surface area contributed by atoms with Gasteiger partial charge in [-0.2, -0.15) is 5.10 Å². The second-order valence-corrected chi connectivity index (χ2v) is 6.20. The fraction of sp³-hybridized carbons (Fsp3) is 0. The number of nitrogens with zero attached hydrogens (tertiary/aromatic N) is 2. The van der Waals surface area contributed by atoms with Gasteiger partial charge in [-0.15, -0.1) is 11.3 Å². The van der Waals surface area contributed by atoms with Gasteiger partial charge in [0.25, 0.3) is 5.91 Å². The van der Waals surface area contributed by atoms with E-state index in [1.807, 2.05) is 11.4 Å². The van der Waals surface area contributed by atoms with E-state index in [0.717, 1.165) is 5.56 Å². The number of hydrogen-bond donors (Lipinski definition) is 0. The number of rotatable bonds is 3. The first-order valence-electron chi connectivity index (χ1n) is 6.41. The van der Waals surface area contributed by atoms with Gasteiger partial charge in [0, 0.05) is 21.8 Å². The van der Waals surface area contributed by atoms with E-state index in [2.05, 4.69) is 5.10 Å². The number of aromatic nitrogens is 2. The molecule has 0 bridgehead atoms. The van der Waals surface area contributed by atoms with Crippen molar-refractivity contribution in [1.29, 1.82) is 0 Å². The van der Waals surface area contributed by atoms with Crippen molar-refractivity contribution in [3.05, 3.63) is 74.2 Å². The largest absolute Gasteiger partial charge is 0.288 e. The zero-order valence-electron chi connectivity index (χ0n) is 11.2. The van der Waals surface area contributed by atoms with Gasteiger partial charge in [0.1, 0.15) is 0 Å². The van der Waals surface area contributed by atoms with Crippen molar-refractivity contribution in [2.45, 2.75) is 0 Å². The van der Waals surface area contributed by atoms with E-state index in [9.17, 15) is 4.79 Å². The maximum absolute atomic E-state index is 12.1. The van der Waals surface area contributed by atoms with Gasteiger partial charge in [-0.3, -0.25) is 4.79 Å². The molecule has 3 nitrogen and oxygen atoms in total. The summed E-state index contributed by atoms with van der Waals surface area (Å²) in [5.41, 5.74) is 1.38. The van der Waals surface area contributed by atoms with Gasteiger partial charge in [0.05, 0.1) is 10.6 Å². The third-order valence-corrected chi connectivity index (χ3v) is 4.49. The molecule has 0 spiro atoms. The first-order chi connectivity index (χ1) is 10.6. The summed E-state index contributed by atoms with van der Waals surface area (Å²) in [6, 6.07) is 10.7. The van der Waals surface area contributed by atoms with Gasteiger partial charge in [-0.25, -0.2) is 4.68 Å². The van der Waals surface area contributed by atoms with E-state index in [1.54, 1.807) is 48.7 Å². The Hall–Kier alpha value is -1.88. The van der Waals surface area contributed by atoms with E-state index < -0.39 is 0 Å². The minimum absolute atomic E-state index is 0.148. The third kappa shape index (κ3) is 3.14. The van der Waals surface area contributed by atoms with Crippen LogP contribution in [0.5, 0.6) is 0 Å². The number of carbonyl (C=O) groups excluding carboxylic acids is 1. The number of halogens is 2. The summed E-state index contributed by atoms with van der Waals surface area (Å²) in [7, 11) is 0. The molecule has 0 amide bonds. The second-order valence-electron chi connectivity index (χ2n) is 4.44. The molecular formula is C16H10Cl2N2OS. The van der Waals surface area contributed by atoms with Crippen LogP contribution in [-0.4, -0.2) is 15.7 Å². The summed E-state index contributed by atoms with van der Waals surface area (Å²) in [4.78, 5) is 12.8. The standard InChI is InChI=1S/C16H10Cl2N2OS/c17-13-3-1-4-14(18)12(13)7-6-11-8-9-20(19-11)16(21)15-5-2-10-22-15/h1-10H/b7-6+. The van der Waals surface area contributed by atoms with Crippen LogP contribution in [-0.2, 0) is 0 Å². The van der Waals surface area contributed by atoms with E-state index in [1.165, 1.54) is 16.0 Å². The van der Waals surface area contributed by atoms with Gasteiger partial charge >= 0.3 is 0 Å². The molecule has 0 atom stereocenters. The highest BCUT2D eigenvalue weighted by Gasteiger charge is 2.10. The highest BCUT2D eigenvalue weighted by atomic mass is 35.5. The smallest absolute Gasteiger partial charge is 0.266 e. The molecule has 22 heavy (non-hydrogen) atoms. The lowest BCUT2D eigenvalue weighted by Crippen LogP contribution is -2.10. The fourth-order valence-corrected chi connectivity index (χ4v) is 3.07. The summed E-state index contributed by atoms with van der Waals surface area (Å²) < 4.78 is 1.32.